The van der Waals surface area contributed by atoms with Gasteiger partial charge in [-0.1, -0.05) is 0 Å². The Labute approximate surface area is 229 Å². The van der Waals surface area contributed by atoms with Crippen LogP contribution in [0.25, 0.3) is 0 Å². The van der Waals surface area contributed by atoms with Gasteiger partial charge in [0.05, 0.1) is 39.1 Å². The number of hydrogen-bond acceptors (Lipinski definition) is 10. The molecule has 2 aromatic rings. The Morgan fingerprint density at radius 1 is 0.917 bits per heavy atom. The first-order valence-electron chi connectivity index (χ1n) is 10.4. The number of carbonyl (C=O) groups is 3. The van der Waals surface area contributed by atoms with Gasteiger partial charge in [-0.15, -0.1) is 0 Å². The second-order valence-corrected chi connectivity index (χ2v) is 9.58. The summed E-state index contributed by atoms with van der Waals surface area (Å²) < 4.78 is 38.1. The lowest BCUT2D eigenvalue weighted by molar-refractivity contribution is -0.169. The SMILES string of the molecule is COC(=O)C(CC(=O)c1cc2c(cc1Br)OCO2)(Cc1cc(OC)c(OC)c(OC)c1I)C(=O)OC. The number of carbonyl (C=O) groups excluding carboxylic acids is 3. The van der Waals surface area contributed by atoms with E-state index in [1.165, 1.54) is 27.4 Å². The van der Waals surface area contributed by atoms with Gasteiger partial charge in [-0.05, 0) is 62.3 Å². The first-order valence-corrected chi connectivity index (χ1v) is 12.3. The van der Waals surface area contributed by atoms with Gasteiger partial charge in [0.15, 0.2) is 34.2 Å². The molecule has 194 valence electrons. The lowest BCUT2D eigenvalue weighted by Crippen LogP contribution is -2.45. The third kappa shape index (κ3) is 5.05. The normalized spacial score (nSPS) is 12.1. The number of fused-ring (bicyclic) bond motifs is 1. The predicted octanol–water partition coefficient (Wildman–Crippen LogP) is 3.96. The minimum Gasteiger partial charge on any atom is -0.493 e. The van der Waals surface area contributed by atoms with Crippen molar-refractivity contribution in [1.82, 2.24) is 0 Å². The number of ketones is 1. The highest BCUT2D eigenvalue weighted by molar-refractivity contribution is 14.1. The number of halogens is 2. The van der Waals surface area contributed by atoms with E-state index >= 15 is 0 Å². The Bertz CT molecular complexity index is 1180. The highest BCUT2D eigenvalue weighted by Crippen LogP contribution is 2.45. The van der Waals surface area contributed by atoms with Crippen LogP contribution in [-0.2, 0) is 25.5 Å². The van der Waals surface area contributed by atoms with Crippen molar-refractivity contribution in [3.8, 4) is 28.7 Å². The lowest BCUT2D eigenvalue weighted by Gasteiger charge is -2.29. The highest BCUT2D eigenvalue weighted by atomic mass is 127. The maximum atomic E-state index is 13.5. The predicted molar refractivity (Wildman–Crippen MR) is 138 cm³/mol. The van der Waals surface area contributed by atoms with Crippen molar-refractivity contribution in [2.45, 2.75) is 12.8 Å². The van der Waals surface area contributed by atoms with E-state index in [-0.39, 0.29) is 18.8 Å². The molecule has 0 saturated carbocycles. The summed E-state index contributed by atoms with van der Waals surface area (Å²) in [6, 6.07) is 4.71. The Kier molecular flexibility index (Phi) is 8.93. The Balaban J connectivity index is 2.14. The molecule has 1 heterocycles. The fourth-order valence-corrected chi connectivity index (χ4v) is 5.31. The molecule has 0 aliphatic carbocycles. The van der Waals surface area contributed by atoms with Gasteiger partial charge >= 0.3 is 11.9 Å². The van der Waals surface area contributed by atoms with Crippen LogP contribution in [0.3, 0.4) is 0 Å². The summed E-state index contributed by atoms with van der Waals surface area (Å²) in [7, 11) is 6.65. The van der Waals surface area contributed by atoms with Crippen molar-refractivity contribution in [2.75, 3.05) is 42.3 Å². The van der Waals surface area contributed by atoms with Crippen LogP contribution >= 0.6 is 38.5 Å². The number of Topliss-reactive ketones (excluding diaryl/α,β-unsaturated/α-hetero) is 1. The maximum absolute atomic E-state index is 13.5. The minimum atomic E-state index is -2.01. The van der Waals surface area contributed by atoms with Crippen molar-refractivity contribution >= 4 is 56.2 Å². The number of benzene rings is 2. The number of rotatable bonds is 10. The standard InChI is InChI=1S/C24H24BrIO10/c1-30-18-6-12(19(26)21(32-3)20(18)31-2)9-24(22(28)33-4,23(29)34-5)10-15(27)13-7-16-17(8-14(13)25)36-11-35-16/h6-8H,9-11H2,1-5H3. The summed E-state index contributed by atoms with van der Waals surface area (Å²) >= 11 is 5.38. The monoisotopic (exact) mass is 678 g/mol. The third-order valence-electron chi connectivity index (χ3n) is 5.71. The molecule has 1 aliphatic heterocycles. The molecule has 2 aromatic carbocycles. The van der Waals surface area contributed by atoms with Gasteiger partial charge in [-0.2, -0.15) is 0 Å². The quantitative estimate of drug-likeness (QED) is 0.158. The second-order valence-electron chi connectivity index (χ2n) is 7.65. The minimum absolute atomic E-state index is 0.0211. The van der Waals surface area contributed by atoms with Crippen LogP contribution in [0.1, 0.15) is 22.3 Å². The number of methoxy groups -OCH3 is 5. The van der Waals surface area contributed by atoms with E-state index < -0.39 is 29.6 Å². The van der Waals surface area contributed by atoms with E-state index in [0.717, 1.165) is 14.2 Å². The molecule has 12 heteroatoms. The van der Waals surface area contributed by atoms with Crippen LogP contribution in [0.4, 0.5) is 0 Å². The molecule has 10 nitrogen and oxygen atoms in total. The molecule has 36 heavy (non-hydrogen) atoms. The van der Waals surface area contributed by atoms with Crippen molar-refractivity contribution in [3.05, 3.63) is 37.4 Å². The van der Waals surface area contributed by atoms with E-state index in [0.29, 0.717) is 42.4 Å². The summed E-state index contributed by atoms with van der Waals surface area (Å²) in [6.07, 6.45) is -0.785. The summed E-state index contributed by atoms with van der Waals surface area (Å²) in [5, 5.41) is 0. The first kappa shape index (κ1) is 27.8. The molecule has 3 rings (SSSR count). The lowest BCUT2D eigenvalue weighted by atomic mass is 9.76. The van der Waals surface area contributed by atoms with Crippen LogP contribution in [0.5, 0.6) is 28.7 Å². The number of ether oxygens (including phenoxy) is 7. The zero-order valence-electron chi connectivity index (χ0n) is 20.2. The summed E-state index contributed by atoms with van der Waals surface area (Å²) in [5.74, 6) is -0.513. The van der Waals surface area contributed by atoms with Crippen LogP contribution in [0.15, 0.2) is 22.7 Å². The highest BCUT2D eigenvalue weighted by Gasteiger charge is 2.51. The van der Waals surface area contributed by atoms with Crippen LogP contribution in [0.2, 0.25) is 0 Å². The van der Waals surface area contributed by atoms with Crippen LogP contribution in [0, 0.1) is 8.99 Å². The number of hydrogen-bond donors (Lipinski definition) is 0. The fourth-order valence-electron chi connectivity index (χ4n) is 3.95. The van der Waals surface area contributed by atoms with Crippen molar-refractivity contribution in [2.24, 2.45) is 5.41 Å². The molecule has 1 aliphatic rings. The van der Waals surface area contributed by atoms with Crippen LogP contribution < -0.4 is 23.7 Å². The summed E-state index contributed by atoms with van der Waals surface area (Å²) in [5.41, 5.74) is -1.32. The molecule has 0 spiro atoms. The number of esters is 2. The molecule has 0 fully saturated rings. The second kappa shape index (κ2) is 11.5. The summed E-state index contributed by atoms with van der Waals surface area (Å²) in [4.78, 5) is 39.9. The molecule has 0 aromatic heterocycles. The van der Waals surface area contributed by atoms with E-state index in [1.807, 2.05) is 22.6 Å². The Morgan fingerprint density at radius 2 is 1.50 bits per heavy atom. The van der Waals surface area contributed by atoms with Gasteiger partial charge in [0.1, 0.15) is 0 Å². The van der Waals surface area contributed by atoms with Gasteiger partial charge in [0.2, 0.25) is 12.5 Å². The smallest absolute Gasteiger partial charge is 0.324 e. The fraction of sp³-hybridized carbons (Fsp3) is 0.375. The van der Waals surface area contributed by atoms with Gasteiger partial charge in [-0.3, -0.25) is 14.4 Å². The average molecular weight is 679 g/mol. The van der Waals surface area contributed by atoms with Gasteiger partial charge < -0.3 is 33.2 Å². The van der Waals surface area contributed by atoms with E-state index in [9.17, 15) is 14.4 Å². The average Bonchev–Trinajstić information content (AvgIpc) is 3.34. The molecule has 0 amide bonds. The zero-order valence-corrected chi connectivity index (χ0v) is 23.9. The zero-order chi connectivity index (χ0) is 26.6. The van der Waals surface area contributed by atoms with Crippen molar-refractivity contribution < 1.29 is 47.5 Å². The van der Waals surface area contributed by atoms with Crippen molar-refractivity contribution in [3.63, 3.8) is 0 Å². The third-order valence-corrected chi connectivity index (χ3v) is 7.55. The molecular formula is C24H24BrIO10. The topological polar surface area (TPSA) is 116 Å². The summed E-state index contributed by atoms with van der Waals surface area (Å²) in [6.45, 7) is 0.0211. The van der Waals surface area contributed by atoms with E-state index in [4.69, 9.17) is 33.2 Å². The molecule has 0 bridgehead atoms. The van der Waals surface area contributed by atoms with E-state index in [2.05, 4.69) is 15.9 Å². The molecular weight excluding hydrogens is 655 g/mol. The van der Waals surface area contributed by atoms with Gasteiger partial charge in [0.25, 0.3) is 0 Å². The van der Waals surface area contributed by atoms with Gasteiger partial charge in [-0.25, -0.2) is 0 Å². The molecule has 0 saturated heterocycles. The molecule has 0 atom stereocenters. The van der Waals surface area contributed by atoms with E-state index in [1.54, 1.807) is 12.1 Å². The Morgan fingerprint density at radius 3 is 2.03 bits per heavy atom. The van der Waals surface area contributed by atoms with Gasteiger partial charge in [0, 0.05) is 22.9 Å². The largest absolute Gasteiger partial charge is 0.493 e. The first-order chi connectivity index (χ1) is 17.2. The Hall–Kier alpha value is -2.74. The van der Waals surface area contributed by atoms with Crippen LogP contribution in [-0.4, -0.2) is 60.1 Å². The molecule has 0 radical (unpaired) electrons. The maximum Gasteiger partial charge on any atom is 0.324 e. The van der Waals surface area contributed by atoms with Crippen molar-refractivity contribution in [1.29, 1.82) is 0 Å². The molecule has 0 unspecified atom stereocenters. The molecule has 0 N–H and O–H groups in total.